The second kappa shape index (κ2) is 6.96. The van der Waals surface area contributed by atoms with Crippen LogP contribution in [0, 0.1) is 5.92 Å². The number of aromatic hydroxyl groups is 1. The first-order valence-electron chi connectivity index (χ1n) is 9.19. The van der Waals surface area contributed by atoms with E-state index in [2.05, 4.69) is 0 Å². The lowest BCUT2D eigenvalue weighted by Crippen LogP contribution is -2.40. The van der Waals surface area contributed by atoms with Crippen LogP contribution in [0.1, 0.15) is 26.7 Å². The molecule has 5 rings (SSSR count). The standard InChI is InChI=1S/C23H14O6S/c24-14-8-3-1-6-12(14)20(25)18-17(16-10-5-11-30-16)19-21(29-22(18)26)13-7-2-4-9-15(13)28-23(19)27/h1-11,17-18,24H/t17-,18+/m1/s1. The summed E-state index contributed by atoms with van der Waals surface area (Å²) in [6.07, 6.45) is 0. The van der Waals surface area contributed by atoms with Crippen LogP contribution in [0.15, 0.2) is 75.3 Å². The number of phenolic OH excluding ortho intramolecular Hbond substituents is 1. The summed E-state index contributed by atoms with van der Waals surface area (Å²) in [5.74, 6) is -3.72. The van der Waals surface area contributed by atoms with E-state index in [1.165, 1.54) is 23.5 Å². The van der Waals surface area contributed by atoms with Gasteiger partial charge in [0.15, 0.2) is 11.5 Å². The van der Waals surface area contributed by atoms with Crippen LogP contribution in [-0.4, -0.2) is 16.9 Å². The van der Waals surface area contributed by atoms with Gasteiger partial charge in [-0.1, -0.05) is 30.3 Å². The molecule has 0 aliphatic carbocycles. The predicted molar refractivity (Wildman–Crippen MR) is 110 cm³/mol. The zero-order chi connectivity index (χ0) is 20.8. The van der Waals surface area contributed by atoms with E-state index in [-0.39, 0.29) is 22.6 Å². The van der Waals surface area contributed by atoms with Crippen molar-refractivity contribution in [3.8, 4) is 11.5 Å². The molecule has 1 aliphatic heterocycles. The molecule has 1 N–H and O–H groups in total. The van der Waals surface area contributed by atoms with Gasteiger partial charge in [0, 0.05) is 4.88 Å². The minimum Gasteiger partial charge on any atom is -0.507 e. The van der Waals surface area contributed by atoms with Gasteiger partial charge >= 0.3 is 11.6 Å². The second-order valence-corrected chi connectivity index (χ2v) is 7.88. The minimum absolute atomic E-state index is 0.00497. The summed E-state index contributed by atoms with van der Waals surface area (Å²) in [5, 5.41) is 12.4. The number of thiophene rings is 1. The molecular weight excluding hydrogens is 404 g/mol. The SMILES string of the molecule is O=C1Oc2c(c(=O)oc3ccccc23)[C@H](c2cccs2)[C@H]1C(=O)c1ccccc1O. The van der Waals surface area contributed by atoms with Crippen molar-refractivity contribution in [1.29, 1.82) is 0 Å². The fourth-order valence-corrected chi connectivity index (χ4v) is 4.74. The smallest absolute Gasteiger partial charge is 0.343 e. The zero-order valence-electron chi connectivity index (χ0n) is 15.4. The highest BCUT2D eigenvalue weighted by Crippen LogP contribution is 2.46. The van der Waals surface area contributed by atoms with Gasteiger partial charge in [-0.25, -0.2) is 4.79 Å². The molecule has 0 radical (unpaired) electrons. The molecule has 2 atom stereocenters. The highest BCUT2D eigenvalue weighted by Gasteiger charge is 2.47. The first-order chi connectivity index (χ1) is 14.6. The monoisotopic (exact) mass is 418 g/mol. The third-order valence-corrected chi connectivity index (χ3v) is 6.16. The third kappa shape index (κ3) is 2.74. The highest BCUT2D eigenvalue weighted by atomic mass is 32.1. The number of benzene rings is 2. The second-order valence-electron chi connectivity index (χ2n) is 6.90. The van der Waals surface area contributed by atoms with Gasteiger partial charge in [0.05, 0.1) is 22.4 Å². The van der Waals surface area contributed by atoms with Gasteiger partial charge in [-0.3, -0.25) is 9.59 Å². The van der Waals surface area contributed by atoms with Crippen LogP contribution >= 0.6 is 11.3 Å². The molecule has 7 heteroatoms. The number of hydrogen-bond donors (Lipinski definition) is 1. The van der Waals surface area contributed by atoms with E-state index < -0.39 is 29.2 Å². The maximum absolute atomic E-state index is 13.3. The van der Waals surface area contributed by atoms with Crippen molar-refractivity contribution in [2.24, 2.45) is 5.92 Å². The number of esters is 1. The molecule has 30 heavy (non-hydrogen) atoms. The average Bonchev–Trinajstić information content (AvgIpc) is 3.27. The fourth-order valence-electron chi connectivity index (χ4n) is 3.86. The van der Waals surface area contributed by atoms with Gasteiger partial charge in [0.2, 0.25) is 0 Å². The zero-order valence-corrected chi connectivity index (χ0v) is 16.2. The predicted octanol–water partition coefficient (Wildman–Crippen LogP) is 4.11. The molecule has 6 nitrogen and oxygen atoms in total. The number of Topliss-reactive ketones (excluding diaryl/α,β-unsaturated/α-hetero) is 1. The van der Waals surface area contributed by atoms with Crippen molar-refractivity contribution < 1.29 is 23.8 Å². The number of para-hydroxylation sites is 2. The first kappa shape index (κ1) is 18.3. The molecule has 0 fully saturated rings. The van der Waals surface area contributed by atoms with E-state index in [9.17, 15) is 19.5 Å². The maximum atomic E-state index is 13.3. The molecule has 0 saturated carbocycles. The van der Waals surface area contributed by atoms with E-state index in [4.69, 9.17) is 9.15 Å². The van der Waals surface area contributed by atoms with Crippen molar-refractivity contribution in [2.45, 2.75) is 5.92 Å². The number of hydrogen-bond acceptors (Lipinski definition) is 7. The van der Waals surface area contributed by atoms with Crippen molar-refractivity contribution in [3.05, 3.63) is 92.5 Å². The Morgan fingerprint density at radius 2 is 1.73 bits per heavy atom. The molecule has 0 saturated heterocycles. The van der Waals surface area contributed by atoms with Crippen LogP contribution in [0.25, 0.3) is 11.0 Å². The summed E-state index contributed by atoms with van der Waals surface area (Å²) in [6.45, 7) is 0. The number of carbonyl (C=O) groups excluding carboxylic acids is 2. The number of ether oxygens (including phenoxy) is 1. The van der Waals surface area contributed by atoms with Gasteiger partial charge in [0.1, 0.15) is 17.3 Å². The summed E-state index contributed by atoms with van der Waals surface area (Å²) >= 11 is 1.33. The lowest BCUT2D eigenvalue weighted by molar-refractivity contribution is -0.138. The Bertz CT molecular complexity index is 1350. The quantitative estimate of drug-likeness (QED) is 0.233. The minimum atomic E-state index is -1.33. The van der Waals surface area contributed by atoms with E-state index in [1.807, 2.05) is 0 Å². The van der Waals surface area contributed by atoms with Gasteiger partial charge in [-0.2, -0.15) is 0 Å². The summed E-state index contributed by atoms with van der Waals surface area (Å²) in [7, 11) is 0. The Balaban J connectivity index is 1.78. The average molecular weight is 418 g/mol. The molecule has 2 aromatic heterocycles. The number of rotatable bonds is 3. The topological polar surface area (TPSA) is 93.8 Å². The molecule has 4 aromatic rings. The van der Waals surface area contributed by atoms with E-state index >= 15 is 0 Å². The van der Waals surface area contributed by atoms with E-state index in [1.54, 1.807) is 53.9 Å². The van der Waals surface area contributed by atoms with Gasteiger partial charge in [-0.05, 0) is 35.7 Å². The largest absolute Gasteiger partial charge is 0.507 e. The summed E-state index contributed by atoms with van der Waals surface area (Å²) in [5.41, 5.74) is -0.242. The Labute approximate surface area is 174 Å². The summed E-state index contributed by atoms with van der Waals surface area (Å²) < 4.78 is 11.0. The van der Waals surface area contributed by atoms with E-state index in [0.717, 1.165) is 0 Å². The molecule has 0 amide bonds. The lowest BCUT2D eigenvalue weighted by Gasteiger charge is -2.30. The Morgan fingerprint density at radius 1 is 0.967 bits per heavy atom. The van der Waals surface area contributed by atoms with Crippen LogP contribution < -0.4 is 10.4 Å². The number of phenols is 1. The molecule has 2 aromatic carbocycles. The highest BCUT2D eigenvalue weighted by molar-refractivity contribution is 7.10. The summed E-state index contributed by atoms with van der Waals surface area (Å²) in [6, 6.07) is 16.3. The van der Waals surface area contributed by atoms with Crippen LogP contribution in [0.5, 0.6) is 11.5 Å². The first-order valence-corrected chi connectivity index (χ1v) is 10.1. The molecule has 148 valence electrons. The van der Waals surface area contributed by atoms with Gasteiger partial charge < -0.3 is 14.3 Å². The van der Waals surface area contributed by atoms with E-state index in [0.29, 0.717) is 15.8 Å². The number of fused-ring (bicyclic) bond motifs is 3. The van der Waals surface area contributed by atoms with Gasteiger partial charge in [0.25, 0.3) is 0 Å². The normalized spacial score (nSPS) is 18.1. The van der Waals surface area contributed by atoms with Crippen molar-refractivity contribution in [2.75, 3.05) is 0 Å². The van der Waals surface area contributed by atoms with Crippen LogP contribution in [0.4, 0.5) is 0 Å². The fraction of sp³-hybridized carbons (Fsp3) is 0.0870. The van der Waals surface area contributed by atoms with Crippen molar-refractivity contribution >= 4 is 34.1 Å². The lowest BCUT2D eigenvalue weighted by atomic mass is 9.78. The molecule has 0 spiro atoms. The molecule has 0 bridgehead atoms. The van der Waals surface area contributed by atoms with Crippen LogP contribution in [0.3, 0.4) is 0 Å². The van der Waals surface area contributed by atoms with Crippen molar-refractivity contribution in [1.82, 2.24) is 0 Å². The molecule has 3 heterocycles. The van der Waals surface area contributed by atoms with Crippen LogP contribution in [-0.2, 0) is 4.79 Å². The molecule has 1 aliphatic rings. The Morgan fingerprint density at radius 3 is 2.50 bits per heavy atom. The maximum Gasteiger partial charge on any atom is 0.343 e. The van der Waals surface area contributed by atoms with Gasteiger partial charge in [-0.15, -0.1) is 11.3 Å². The van der Waals surface area contributed by atoms with Crippen molar-refractivity contribution in [3.63, 3.8) is 0 Å². The summed E-state index contributed by atoms with van der Waals surface area (Å²) in [4.78, 5) is 40.0. The molecular formula is C23H14O6S. The number of carbonyl (C=O) groups is 2. The Hall–Kier alpha value is -3.71. The van der Waals surface area contributed by atoms with Crippen LogP contribution in [0.2, 0.25) is 0 Å². The Kier molecular flexibility index (Phi) is 4.25. The third-order valence-electron chi connectivity index (χ3n) is 5.20. The number of ketones is 1. The molecule has 0 unspecified atom stereocenters.